The number of nitrogens with one attached hydrogen (secondary N) is 2. The van der Waals surface area contributed by atoms with Gasteiger partial charge in [0.25, 0.3) is 0 Å². The van der Waals surface area contributed by atoms with E-state index in [1.54, 1.807) is 6.20 Å². The molecule has 90 valence electrons. The zero-order chi connectivity index (χ0) is 12.0. The molecule has 0 saturated heterocycles. The highest BCUT2D eigenvalue weighted by atomic mass is 16.4. The summed E-state index contributed by atoms with van der Waals surface area (Å²) in [6, 6.07) is 0. The van der Waals surface area contributed by atoms with Crippen LogP contribution < -0.4 is 10.6 Å². The van der Waals surface area contributed by atoms with Crippen LogP contribution in [-0.4, -0.2) is 24.0 Å². The molecule has 0 spiro atoms. The lowest BCUT2D eigenvalue weighted by Crippen LogP contribution is -2.34. The number of amides is 1. The van der Waals surface area contributed by atoms with Crippen LogP contribution >= 0.6 is 0 Å². The van der Waals surface area contributed by atoms with E-state index >= 15 is 0 Å². The van der Waals surface area contributed by atoms with E-state index in [1.807, 2.05) is 20.8 Å². The number of hydrogen-bond donors (Lipinski definition) is 2. The van der Waals surface area contributed by atoms with Crippen molar-refractivity contribution in [3.8, 4) is 0 Å². The van der Waals surface area contributed by atoms with Crippen LogP contribution in [-0.2, 0) is 11.3 Å². The Balaban J connectivity index is 2.29. The van der Waals surface area contributed by atoms with Crippen LogP contribution in [0.1, 0.15) is 25.5 Å². The van der Waals surface area contributed by atoms with Crippen molar-refractivity contribution in [2.45, 2.75) is 27.3 Å². The third-order valence-corrected chi connectivity index (χ3v) is 2.23. The van der Waals surface area contributed by atoms with Gasteiger partial charge < -0.3 is 15.1 Å². The first kappa shape index (κ1) is 12.7. The van der Waals surface area contributed by atoms with E-state index in [0.717, 1.165) is 12.3 Å². The van der Waals surface area contributed by atoms with Crippen LogP contribution in [0.25, 0.3) is 0 Å². The second kappa shape index (κ2) is 6.27. The maximum atomic E-state index is 11.6. The molecule has 0 radical (unpaired) electrons. The summed E-state index contributed by atoms with van der Waals surface area (Å²) >= 11 is 0. The molecule has 0 aliphatic carbocycles. The van der Waals surface area contributed by atoms with E-state index in [2.05, 4.69) is 15.6 Å². The summed E-state index contributed by atoms with van der Waals surface area (Å²) in [7, 11) is 0. The first-order chi connectivity index (χ1) is 7.63. The van der Waals surface area contributed by atoms with Gasteiger partial charge in [-0.15, -0.1) is 0 Å². The normalized spacial score (nSPS) is 12.4. The lowest BCUT2D eigenvalue weighted by molar-refractivity contribution is -0.124. The predicted molar refractivity (Wildman–Crippen MR) is 60.8 cm³/mol. The number of nitrogens with zero attached hydrogens (tertiary/aromatic N) is 1. The number of carbonyl (C=O) groups is 1. The van der Waals surface area contributed by atoms with Gasteiger partial charge in [-0.3, -0.25) is 4.79 Å². The van der Waals surface area contributed by atoms with Crippen molar-refractivity contribution in [3.05, 3.63) is 17.8 Å². The highest BCUT2D eigenvalue weighted by Gasteiger charge is 2.12. The zero-order valence-corrected chi connectivity index (χ0v) is 10.0. The molecule has 5 heteroatoms. The van der Waals surface area contributed by atoms with Gasteiger partial charge in [0.2, 0.25) is 11.8 Å². The van der Waals surface area contributed by atoms with Gasteiger partial charge in [-0.2, -0.15) is 0 Å². The van der Waals surface area contributed by atoms with E-state index in [4.69, 9.17) is 4.42 Å². The third kappa shape index (κ3) is 4.02. The molecule has 1 rings (SSSR count). The summed E-state index contributed by atoms with van der Waals surface area (Å²) in [5.41, 5.74) is 0. The molecule has 1 atom stereocenters. The fraction of sp³-hybridized carbons (Fsp3) is 0.636. The first-order valence-electron chi connectivity index (χ1n) is 5.53. The standard InChI is InChI=1S/C11H19N3O2/c1-4-12-5-8(2)11(15)14-7-10-13-6-9(3)16-10/h6,8,12H,4-5,7H2,1-3H3,(H,14,15). The molecule has 1 aromatic heterocycles. The molecule has 1 aromatic rings. The van der Waals surface area contributed by atoms with E-state index in [1.165, 1.54) is 0 Å². The van der Waals surface area contributed by atoms with Crippen molar-refractivity contribution in [2.75, 3.05) is 13.1 Å². The van der Waals surface area contributed by atoms with E-state index < -0.39 is 0 Å². The lowest BCUT2D eigenvalue weighted by atomic mass is 10.1. The summed E-state index contributed by atoms with van der Waals surface area (Å²) in [4.78, 5) is 15.6. The fourth-order valence-corrected chi connectivity index (χ4v) is 1.27. The first-order valence-corrected chi connectivity index (χ1v) is 5.53. The Hall–Kier alpha value is -1.36. The molecule has 1 heterocycles. The predicted octanol–water partition coefficient (Wildman–Crippen LogP) is 0.845. The fourth-order valence-electron chi connectivity index (χ4n) is 1.27. The zero-order valence-electron chi connectivity index (χ0n) is 10.0. The third-order valence-electron chi connectivity index (χ3n) is 2.23. The van der Waals surface area contributed by atoms with Crippen molar-refractivity contribution in [1.29, 1.82) is 0 Å². The summed E-state index contributed by atoms with van der Waals surface area (Å²) in [6.45, 7) is 7.64. The van der Waals surface area contributed by atoms with Gasteiger partial charge in [0, 0.05) is 12.5 Å². The minimum absolute atomic E-state index is 0.0109. The molecule has 1 amide bonds. The quantitative estimate of drug-likeness (QED) is 0.753. The molecule has 0 aliphatic heterocycles. The molecule has 16 heavy (non-hydrogen) atoms. The van der Waals surface area contributed by atoms with Crippen LogP contribution in [0.15, 0.2) is 10.6 Å². The Morgan fingerprint density at radius 3 is 2.94 bits per heavy atom. The lowest BCUT2D eigenvalue weighted by Gasteiger charge is -2.11. The van der Waals surface area contributed by atoms with Crippen molar-refractivity contribution in [1.82, 2.24) is 15.6 Å². The minimum atomic E-state index is -0.0454. The summed E-state index contributed by atoms with van der Waals surface area (Å²) in [5, 5.41) is 5.92. The summed E-state index contributed by atoms with van der Waals surface area (Å²) in [6.07, 6.45) is 1.64. The Labute approximate surface area is 95.6 Å². The molecule has 0 bridgehead atoms. The van der Waals surface area contributed by atoms with Crippen molar-refractivity contribution >= 4 is 5.91 Å². The molecule has 0 aromatic carbocycles. The van der Waals surface area contributed by atoms with Crippen LogP contribution in [0.3, 0.4) is 0 Å². The average molecular weight is 225 g/mol. The van der Waals surface area contributed by atoms with Gasteiger partial charge in [-0.05, 0) is 13.5 Å². The maximum absolute atomic E-state index is 11.6. The molecule has 2 N–H and O–H groups in total. The average Bonchev–Trinajstić information content (AvgIpc) is 2.68. The summed E-state index contributed by atoms with van der Waals surface area (Å²) < 4.78 is 5.25. The second-order valence-electron chi connectivity index (χ2n) is 3.79. The van der Waals surface area contributed by atoms with Crippen LogP contribution in [0.2, 0.25) is 0 Å². The Bertz CT molecular complexity index is 336. The van der Waals surface area contributed by atoms with Gasteiger partial charge in [0.05, 0.1) is 12.7 Å². The van der Waals surface area contributed by atoms with Crippen molar-refractivity contribution in [2.24, 2.45) is 5.92 Å². The SMILES string of the molecule is CCNCC(C)C(=O)NCc1ncc(C)o1. The van der Waals surface area contributed by atoms with Gasteiger partial charge in [-0.25, -0.2) is 4.98 Å². The molecule has 5 nitrogen and oxygen atoms in total. The topological polar surface area (TPSA) is 67.2 Å². The largest absolute Gasteiger partial charge is 0.444 e. The Morgan fingerprint density at radius 1 is 1.62 bits per heavy atom. The molecular formula is C11H19N3O2. The molecular weight excluding hydrogens is 206 g/mol. The molecule has 0 aliphatic rings. The number of rotatable bonds is 6. The van der Waals surface area contributed by atoms with E-state index in [9.17, 15) is 4.79 Å². The molecule has 1 unspecified atom stereocenters. The number of carbonyl (C=O) groups excluding carboxylic acids is 1. The minimum Gasteiger partial charge on any atom is -0.444 e. The number of oxazole rings is 1. The smallest absolute Gasteiger partial charge is 0.224 e. The number of aryl methyl sites for hydroxylation is 1. The monoisotopic (exact) mass is 225 g/mol. The molecule has 0 saturated carbocycles. The highest BCUT2D eigenvalue weighted by Crippen LogP contribution is 2.01. The van der Waals surface area contributed by atoms with Crippen LogP contribution in [0.4, 0.5) is 0 Å². The van der Waals surface area contributed by atoms with Gasteiger partial charge in [0.15, 0.2) is 0 Å². The highest BCUT2D eigenvalue weighted by molar-refractivity contribution is 5.78. The van der Waals surface area contributed by atoms with E-state index in [0.29, 0.717) is 19.0 Å². The van der Waals surface area contributed by atoms with Crippen molar-refractivity contribution < 1.29 is 9.21 Å². The molecule has 0 fully saturated rings. The number of aromatic nitrogens is 1. The van der Waals surface area contributed by atoms with Crippen LogP contribution in [0, 0.1) is 12.8 Å². The Kier molecular flexibility index (Phi) is 4.98. The number of hydrogen-bond acceptors (Lipinski definition) is 4. The van der Waals surface area contributed by atoms with Crippen molar-refractivity contribution in [3.63, 3.8) is 0 Å². The maximum Gasteiger partial charge on any atom is 0.224 e. The summed E-state index contributed by atoms with van der Waals surface area (Å²) in [5.74, 6) is 1.26. The van der Waals surface area contributed by atoms with Gasteiger partial charge in [0.1, 0.15) is 5.76 Å². The van der Waals surface area contributed by atoms with Gasteiger partial charge in [-0.1, -0.05) is 13.8 Å². The Morgan fingerprint density at radius 2 is 2.38 bits per heavy atom. The second-order valence-corrected chi connectivity index (χ2v) is 3.79. The van der Waals surface area contributed by atoms with Crippen LogP contribution in [0.5, 0.6) is 0 Å². The van der Waals surface area contributed by atoms with E-state index in [-0.39, 0.29) is 11.8 Å². The van der Waals surface area contributed by atoms with Gasteiger partial charge >= 0.3 is 0 Å².